The van der Waals surface area contributed by atoms with Crippen LogP contribution in [0.2, 0.25) is 0 Å². The Bertz CT molecular complexity index is 345. The molecule has 0 unspecified atom stereocenters. The van der Waals surface area contributed by atoms with E-state index in [9.17, 15) is 4.79 Å². The van der Waals surface area contributed by atoms with Gasteiger partial charge in [0.15, 0.2) is 0 Å². The van der Waals surface area contributed by atoms with Gasteiger partial charge >= 0.3 is 0 Å². The lowest BCUT2D eigenvalue weighted by molar-refractivity contribution is 0.819. The van der Waals surface area contributed by atoms with Gasteiger partial charge in [0.25, 0.3) is 5.56 Å². The first-order valence-corrected chi connectivity index (χ1v) is 3.99. The zero-order chi connectivity index (χ0) is 9.84. The van der Waals surface area contributed by atoms with E-state index >= 15 is 0 Å². The Balaban J connectivity index is 2.99. The summed E-state index contributed by atoms with van der Waals surface area (Å²) in [5.74, 6) is 0.230. The average molecular weight is 183 g/mol. The third kappa shape index (κ3) is 2.19. The van der Waals surface area contributed by atoms with Crippen LogP contribution in [0.5, 0.6) is 0 Å². The van der Waals surface area contributed by atoms with Crippen molar-refractivity contribution in [1.82, 2.24) is 9.97 Å². The van der Waals surface area contributed by atoms with E-state index in [2.05, 4.69) is 9.97 Å². The summed E-state index contributed by atoms with van der Waals surface area (Å²) in [4.78, 5) is 17.4. The summed E-state index contributed by atoms with van der Waals surface area (Å²) in [5.41, 5.74) is 16.3. The van der Waals surface area contributed by atoms with Gasteiger partial charge in [-0.25, -0.2) is 0 Å². The molecule has 1 heterocycles. The van der Waals surface area contributed by atoms with Crippen LogP contribution in [0.3, 0.4) is 0 Å². The van der Waals surface area contributed by atoms with Crippen LogP contribution in [0.4, 0.5) is 11.8 Å². The van der Waals surface area contributed by atoms with Gasteiger partial charge in [-0.2, -0.15) is 4.98 Å². The fourth-order valence-corrected chi connectivity index (χ4v) is 1.05. The maximum absolute atomic E-state index is 11.3. The second kappa shape index (κ2) is 3.90. The average Bonchev–Trinajstić information content (AvgIpc) is 2.02. The number of anilines is 2. The molecule has 0 aliphatic carbocycles. The van der Waals surface area contributed by atoms with E-state index in [1.165, 1.54) is 0 Å². The molecule has 1 rings (SSSR count). The van der Waals surface area contributed by atoms with Crippen LogP contribution in [-0.2, 0) is 6.42 Å². The Morgan fingerprint density at radius 2 is 2.08 bits per heavy atom. The number of hydrogen-bond acceptors (Lipinski definition) is 5. The van der Waals surface area contributed by atoms with Crippen molar-refractivity contribution in [3.63, 3.8) is 0 Å². The number of aromatic amines is 1. The molecule has 0 radical (unpaired) electrons. The van der Waals surface area contributed by atoms with Crippen LogP contribution in [0.1, 0.15) is 12.0 Å². The molecule has 6 heteroatoms. The smallest absolute Gasteiger partial charge is 0.257 e. The van der Waals surface area contributed by atoms with Crippen molar-refractivity contribution in [2.75, 3.05) is 18.0 Å². The molecule has 6 nitrogen and oxygen atoms in total. The Kier molecular flexibility index (Phi) is 2.86. The van der Waals surface area contributed by atoms with Gasteiger partial charge < -0.3 is 17.2 Å². The second-order valence-corrected chi connectivity index (χ2v) is 2.71. The highest BCUT2D eigenvalue weighted by Crippen LogP contribution is 2.05. The van der Waals surface area contributed by atoms with E-state index in [4.69, 9.17) is 17.2 Å². The van der Waals surface area contributed by atoms with Crippen LogP contribution in [0, 0.1) is 0 Å². The van der Waals surface area contributed by atoms with Crippen LogP contribution >= 0.6 is 0 Å². The molecule has 13 heavy (non-hydrogen) atoms. The maximum Gasteiger partial charge on any atom is 0.257 e. The van der Waals surface area contributed by atoms with Crippen molar-refractivity contribution in [2.24, 2.45) is 5.73 Å². The third-order valence-corrected chi connectivity index (χ3v) is 1.70. The predicted molar refractivity (Wildman–Crippen MR) is 51.1 cm³/mol. The summed E-state index contributed by atoms with van der Waals surface area (Å²) < 4.78 is 0. The summed E-state index contributed by atoms with van der Waals surface area (Å²) in [6, 6.07) is 0. The number of nitrogens with two attached hydrogens (primary N) is 3. The number of H-pyrrole nitrogens is 1. The number of nitrogen functional groups attached to an aromatic ring is 2. The number of nitrogens with one attached hydrogen (secondary N) is 1. The van der Waals surface area contributed by atoms with Crippen molar-refractivity contribution >= 4 is 11.8 Å². The summed E-state index contributed by atoms with van der Waals surface area (Å²) in [6.07, 6.45) is 1.24. The Hall–Kier alpha value is -1.56. The molecule has 0 saturated heterocycles. The number of rotatable bonds is 3. The number of aromatic nitrogens is 2. The van der Waals surface area contributed by atoms with Crippen molar-refractivity contribution in [3.8, 4) is 0 Å². The molecule has 1 aromatic heterocycles. The number of hydrogen-bond donors (Lipinski definition) is 4. The molecule has 0 atom stereocenters. The van der Waals surface area contributed by atoms with Crippen molar-refractivity contribution in [1.29, 1.82) is 0 Å². The first-order valence-electron chi connectivity index (χ1n) is 3.99. The number of nitrogens with zero attached hydrogens (tertiary/aromatic N) is 1. The molecule has 0 fully saturated rings. The van der Waals surface area contributed by atoms with E-state index in [-0.39, 0.29) is 17.3 Å². The van der Waals surface area contributed by atoms with Gasteiger partial charge in [-0.05, 0) is 19.4 Å². The molecule has 0 aliphatic rings. The standard InChI is InChI=1S/C7H13N5O/c8-3-1-2-4-5(9)11-7(10)12-6(4)13/h1-3,8H2,(H5,9,10,11,12,13). The summed E-state index contributed by atoms with van der Waals surface area (Å²) in [7, 11) is 0. The largest absolute Gasteiger partial charge is 0.383 e. The van der Waals surface area contributed by atoms with Gasteiger partial charge in [-0.1, -0.05) is 0 Å². The van der Waals surface area contributed by atoms with Crippen LogP contribution in [0.25, 0.3) is 0 Å². The first kappa shape index (κ1) is 9.53. The van der Waals surface area contributed by atoms with E-state index in [1.54, 1.807) is 0 Å². The van der Waals surface area contributed by atoms with Crippen LogP contribution < -0.4 is 22.8 Å². The van der Waals surface area contributed by atoms with Crippen LogP contribution in [0.15, 0.2) is 4.79 Å². The highest BCUT2D eigenvalue weighted by molar-refractivity contribution is 5.41. The highest BCUT2D eigenvalue weighted by atomic mass is 16.1. The maximum atomic E-state index is 11.3. The fourth-order valence-electron chi connectivity index (χ4n) is 1.05. The van der Waals surface area contributed by atoms with Gasteiger partial charge in [-0.15, -0.1) is 0 Å². The van der Waals surface area contributed by atoms with E-state index < -0.39 is 0 Å². The van der Waals surface area contributed by atoms with Crippen molar-refractivity contribution in [3.05, 3.63) is 15.9 Å². The van der Waals surface area contributed by atoms with Crippen molar-refractivity contribution < 1.29 is 0 Å². The molecule has 0 amide bonds. The Morgan fingerprint density at radius 1 is 1.38 bits per heavy atom. The molecular weight excluding hydrogens is 170 g/mol. The fraction of sp³-hybridized carbons (Fsp3) is 0.429. The third-order valence-electron chi connectivity index (χ3n) is 1.70. The first-order chi connectivity index (χ1) is 6.15. The lowest BCUT2D eigenvalue weighted by atomic mass is 10.2. The Morgan fingerprint density at radius 3 is 2.62 bits per heavy atom. The van der Waals surface area contributed by atoms with E-state index in [1.807, 2.05) is 0 Å². The van der Waals surface area contributed by atoms with E-state index in [0.29, 0.717) is 24.9 Å². The normalized spacial score (nSPS) is 10.2. The lowest BCUT2D eigenvalue weighted by Gasteiger charge is -2.02. The minimum Gasteiger partial charge on any atom is -0.383 e. The van der Waals surface area contributed by atoms with Gasteiger partial charge in [0.05, 0.1) is 5.56 Å². The minimum absolute atomic E-state index is 0.0407. The lowest BCUT2D eigenvalue weighted by Crippen LogP contribution is -2.20. The van der Waals surface area contributed by atoms with Gasteiger partial charge in [0.1, 0.15) is 5.82 Å². The zero-order valence-corrected chi connectivity index (χ0v) is 7.21. The second-order valence-electron chi connectivity index (χ2n) is 2.71. The summed E-state index contributed by atoms with van der Waals surface area (Å²) in [6.45, 7) is 0.517. The molecule has 0 bridgehead atoms. The van der Waals surface area contributed by atoms with Gasteiger partial charge in [0, 0.05) is 0 Å². The summed E-state index contributed by atoms with van der Waals surface area (Å²) >= 11 is 0. The topological polar surface area (TPSA) is 124 Å². The quantitative estimate of drug-likeness (QED) is 0.470. The zero-order valence-electron chi connectivity index (χ0n) is 7.21. The van der Waals surface area contributed by atoms with Gasteiger partial charge in [0.2, 0.25) is 5.95 Å². The molecule has 0 saturated carbocycles. The SMILES string of the molecule is NCCCc1c(N)nc(N)[nH]c1=O. The molecule has 0 spiro atoms. The molecule has 0 aromatic carbocycles. The molecule has 0 aliphatic heterocycles. The summed E-state index contributed by atoms with van der Waals surface area (Å²) in [5, 5.41) is 0. The van der Waals surface area contributed by atoms with Gasteiger partial charge in [-0.3, -0.25) is 9.78 Å². The Labute approximate surface area is 75.1 Å². The molecular formula is C7H13N5O. The highest BCUT2D eigenvalue weighted by Gasteiger charge is 2.06. The monoisotopic (exact) mass is 183 g/mol. The van der Waals surface area contributed by atoms with Crippen molar-refractivity contribution in [2.45, 2.75) is 12.8 Å². The molecule has 72 valence electrons. The molecule has 7 N–H and O–H groups in total. The van der Waals surface area contributed by atoms with E-state index in [0.717, 1.165) is 0 Å². The van der Waals surface area contributed by atoms with Crippen LogP contribution in [-0.4, -0.2) is 16.5 Å². The predicted octanol–water partition coefficient (Wildman–Crippen LogP) is -1.17. The molecule has 1 aromatic rings. The minimum atomic E-state index is -0.279.